The maximum atomic E-state index is 12.7. The molecule has 1 aliphatic heterocycles. The van der Waals surface area contributed by atoms with E-state index >= 15 is 0 Å². The highest BCUT2D eigenvalue weighted by molar-refractivity contribution is 6.03. The molecule has 1 aromatic heterocycles. The van der Waals surface area contributed by atoms with Crippen LogP contribution in [0.4, 0.5) is 11.4 Å². The fourth-order valence-electron chi connectivity index (χ4n) is 3.54. The number of benzene rings is 2. The Morgan fingerprint density at radius 3 is 2.21 bits per heavy atom. The lowest BCUT2D eigenvalue weighted by atomic mass is 10.2. The van der Waals surface area contributed by atoms with Gasteiger partial charge in [-0.3, -0.25) is 4.79 Å². The topological polar surface area (TPSA) is 63.1 Å². The van der Waals surface area contributed by atoms with Gasteiger partial charge in [0.25, 0.3) is 5.91 Å². The van der Waals surface area contributed by atoms with Gasteiger partial charge in [0.2, 0.25) is 0 Å². The van der Waals surface area contributed by atoms with Gasteiger partial charge in [0.15, 0.2) is 5.69 Å². The zero-order valence-corrected chi connectivity index (χ0v) is 16.1. The summed E-state index contributed by atoms with van der Waals surface area (Å²) in [4.78, 5) is 16.6. The van der Waals surface area contributed by atoms with Gasteiger partial charge in [0.05, 0.1) is 11.4 Å². The van der Waals surface area contributed by atoms with Gasteiger partial charge in [-0.1, -0.05) is 31.0 Å². The molecular weight excluding hydrogens is 350 g/mol. The van der Waals surface area contributed by atoms with Gasteiger partial charge < -0.3 is 10.2 Å². The number of amides is 1. The zero-order chi connectivity index (χ0) is 19.3. The number of aromatic nitrogens is 3. The standard InChI is InChI=1S/C22H25N5O/c1-17-21(25-27(24-17)20-9-5-4-6-10-20)22(28)23-18-11-13-19(14-12-18)26-15-7-2-3-8-16-26/h4-6,9-14H,2-3,7-8,15-16H2,1H3,(H,23,28). The summed E-state index contributed by atoms with van der Waals surface area (Å²) in [5.74, 6) is -0.248. The quantitative estimate of drug-likeness (QED) is 0.742. The van der Waals surface area contributed by atoms with Crippen molar-refractivity contribution in [3.63, 3.8) is 0 Å². The minimum absolute atomic E-state index is 0.248. The van der Waals surface area contributed by atoms with Crippen LogP contribution in [0, 0.1) is 6.92 Å². The number of carbonyl (C=O) groups excluding carboxylic acids is 1. The number of carbonyl (C=O) groups is 1. The second-order valence-corrected chi connectivity index (χ2v) is 7.16. The molecular formula is C22H25N5O. The van der Waals surface area contributed by atoms with Gasteiger partial charge >= 0.3 is 0 Å². The maximum Gasteiger partial charge on any atom is 0.278 e. The van der Waals surface area contributed by atoms with Crippen LogP contribution in [0.2, 0.25) is 0 Å². The number of hydrogen-bond acceptors (Lipinski definition) is 4. The molecule has 0 saturated carbocycles. The van der Waals surface area contributed by atoms with Gasteiger partial charge in [-0.25, -0.2) is 0 Å². The Kier molecular flexibility index (Phi) is 5.37. The molecule has 1 aliphatic rings. The van der Waals surface area contributed by atoms with Gasteiger partial charge in [-0.05, 0) is 56.2 Å². The highest BCUT2D eigenvalue weighted by atomic mass is 16.2. The number of rotatable bonds is 4. The Balaban J connectivity index is 1.46. The van der Waals surface area contributed by atoms with E-state index in [1.807, 2.05) is 42.5 Å². The molecule has 6 heteroatoms. The largest absolute Gasteiger partial charge is 0.372 e. The van der Waals surface area contributed by atoms with E-state index in [9.17, 15) is 4.79 Å². The predicted octanol–water partition coefficient (Wildman–Crippen LogP) is 4.21. The van der Waals surface area contributed by atoms with Crippen LogP contribution in [-0.4, -0.2) is 34.0 Å². The summed E-state index contributed by atoms with van der Waals surface area (Å²) in [6, 6.07) is 17.6. The second-order valence-electron chi connectivity index (χ2n) is 7.16. The molecule has 1 amide bonds. The van der Waals surface area contributed by atoms with E-state index < -0.39 is 0 Å². The molecule has 1 saturated heterocycles. The number of hydrogen-bond donors (Lipinski definition) is 1. The van der Waals surface area contributed by atoms with Crippen molar-refractivity contribution in [2.45, 2.75) is 32.6 Å². The van der Waals surface area contributed by atoms with Crippen molar-refractivity contribution in [2.24, 2.45) is 0 Å². The molecule has 2 heterocycles. The van der Waals surface area contributed by atoms with Gasteiger partial charge in [0, 0.05) is 24.5 Å². The molecule has 3 aromatic rings. The van der Waals surface area contributed by atoms with Crippen LogP contribution in [0.3, 0.4) is 0 Å². The molecule has 144 valence electrons. The SMILES string of the molecule is Cc1nn(-c2ccccc2)nc1C(=O)Nc1ccc(N2CCCCCC2)cc1. The Hall–Kier alpha value is -3.15. The highest BCUT2D eigenvalue weighted by Gasteiger charge is 2.17. The summed E-state index contributed by atoms with van der Waals surface area (Å²) >= 11 is 0. The van der Waals surface area contributed by atoms with Gasteiger partial charge in [0.1, 0.15) is 0 Å². The summed E-state index contributed by atoms with van der Waals surface area (Å²) < 4.78 is 0. The molecule has 0 aliphatic carbocycles. The molecule has 28 heavy (non-hydrogen) atoms. The summed E-state index contributed by atoms with van der Waals surface area (Å²) in [6.07, 6.45) is 5.12. The fraction of sp³-hybridized carbons (Fsp3) is 0.318. The van der Waals surface area contributed by atoms with Crippen molar-refractivity contribution in [3.8, 4) is 5.69 Å². The van der Waals surface area contributed by atoms with Crippen LogP contribution in [0.25, 0.3) is 5.69 Å². The summed E-state index contributed by atoms with van der Waals surface area (Å²) in [7, 11) is 0. The van der Waals surface area contributed by atoms with E-state index in [-0.39, 0.29) is 5.91 Å². The Morgan fingerprint density at radius 1 is 0.857 bits per heavy atom. The van der Waals surface area contributed by atoms with E-state index in [1.54, 1.807) is 6.92 Å². The number of anilines is 2. The average molecular weight is 375 g/mol. The van der Waals surface area contributed by atoms with Crippen molar-refractivity contribution in [1.82, 2.24) is 15.0 Å². The average Bonchev–Trinajstić information content (AvgIpc) is 2.93. The Bertz CT molecular complexity index is 925. The summed E-state index contributed by atoms with van der Waals surface area (Å²) in [5, 5.41) is 11.7. The third kappa shape index (κ3) is 4.06. The molecule has 0 unspecified atom stereocenters. The first-order valence-electron chi connectivity index (χ1n) is 9.86. The number of aryl methyl sites for hydroxylation is 1. The second kappa shape index (κ2) is 8.25. The van der Waals surface area contributed by atoms with Gasteiger partial charge in [-0.2, -0.15) is 9.90 Å². The fourth-order valence-corrected chi connectivity index (χ4v) is 3.54. The molecule has 4 rings (SSSR count). The van der Waals surface area contributed by atoms with Crippen molar-refractivity contribution < 1.29 is 4.79 Å². The minimum Gasteiger partial charge on any atom is -0.372 e. The van der Waals surface area contributed by atoms with E-state index in [0.29, 0.717) is 11.4 Å². The van der Waals surface area contributed by atoms with E-state index in [2.05, 4.69) is 32.5 Å². The third-order valence-corrected chi connectivity index (χ3v) is 5.08. The van der Waals surface area contributed by atoms with Crippen molar-refractivity contribution in [1.29, 1.82) is 0 Å². The number of para-hydroxylation sites is 1. The molecule has 1 N–H and O–H groups in total. The zero-order valence-electron chi connectivity index (χ0n) is 16.1. The first kappa shape index (κ1) is 18.2. The van der Waals surface area contributed by atoms with Crippen molar-refractivity contribution in [3.05, 3.63) is 66.0 Å². The molecule has 2 aromatic carbocycles. The normalized spacial score (nSPS) is 14.5. The monoisotopic (exact) mass is 375 g/mol. The van der Waals surface area contributed by atoms with Crippen LogP contribution in [0.5, 0.6) is 0 Å². The molecule has 0 radical (unpaired) electrons. The molecule has 6 nitrogen and oxygen atoms in total. The van der Waals surface area contributed by atoms with Crippen LogP contribution < -0.4 is 10.2 Å². The number of nitrogens with zero attached hydrogens (tertiary/aromatic N) is 4. The smallest absolute Gasteiger partial charge is 0.278 e. The first-order chi connectivity index (χ1) is 13.7. The summed E-state index contributed by atoms with van der Waals surface area (Å²) in [5.41, 5.74) is 3.73. The van der Waals surface area contributed by atoms with E-state index in [1.165, 1.54) is 36.2 Å². The maximum absolute atomic E-state index is 12.7. The Morgan fingerprint density at radius 2 is 1.54 bits per heavy atom. The van der Waals surface area contributed by atoms with E-state index in [0.717, 1.165) is 24.5 Å². The molecule has 0 spiro atoms. The van der Waals surface area contributed by atoms with Crippen LogP contribution in [0.15, 0.2) is 54.6 Å². The lowest BCUT2D eigenvalue weighted by Gasteiger charge is -2.22. The lowest BCUT2D eigenvalue weighted by Crippen LogP contribution is -2.23. The van der Waals surface area contributed by atoms with Crippen LogP contribution in [0.1, 0.15) is 41.9 Å². The highest BCUT2D eigenvalue weighted by Crippen LogP contribution is 2.22. The van der Waals surface area contributed by atoms with Gasteiger partial charge in [-0.15, -0.1) is 5.10 Å². The molecule has 0 bridgehead atoms. The lowest BCUT2D eigenvalue weighted by molar-refractivity contribution is 0.102. The van der Waals surface area contributed by atoms with Crippen molar-refractivity contribution in [2.75, 3.05) is 23.3 Å². The number of nitrogens with one attached hydrogen (secondary N) is 1. The Labute approximate surface area is 165 Å². The molecule has 1 fully saturated rings. The van der Waals surface area contributed by atoms with Crippen LogP contribution in [-0.2, 0) is 0 Å². The van der Waals surface area contributed by atoms with E-state index in [4.69, 9.17) is 0 Å². The first-order valence-corrected chi connectivity index (χ1v) is 9.86. The minimum atomic E-state index is -0.248. The summed E-state index contributed by atoms with van der Waals surface area (Å²) in [6.45, 7) is 4.00. The predicted molar refractivity (Wildman–Crippen MR) is 111 cm³/mol. The van der Waals surface area contributed by atoms with Crippen LogP contribution >= 0.6 is 0 Å². The third-order valence-electron chi connectivity index (χ3n) is 5.08. The molecule has 0 atom stereocenters. The van der Waals surface area contributed by atoms with Crippen molar-refractivity contribution >= 4 is 17.3 Å².